The zero-order valence-electron chi connectivity index (χ0n) is 15.7. The summed E-state index contributed by atoms with van der Waals surface area (Å²) in [4.78, 5) is 20.1. The normalized spacial score (nSPS) is 16.2. The number of hydrogen-bond donors (Lipinski definition) is 0. The molecule has 0 unspecified atom stereocenters. The van der Waals surface area contributed by atoms with Crippen molar-refractivity contribution in [1.29, 1.82) is 0 Å². The molecule has 0 atom stereocenters. The van der Waals surface area contributed by atoms with Crippen molar-refractivity contribution in [2.45, 2.75) is 20.3 Å². The van der Waals surface area contributed by atoms with Gasteiger partial charge in [0.25, 0.3) is 0 Å². The smallest absolute Gasteiger partial charge is 0.219 e. The average Bonchev–Trinajstić information content (AvgIpc) is 3.08. The lowest BCUT2D eigenvalue weighted by atomic mass is 10.0. The molecule has 2 heterocycles. The zero-order valence-corrected chi connectivity index (χ0v) is 16.5. The van der Waals surface area contributed by atoms with E-state index in [9.17, 15) is 13.6 Å². The number of piperazine rings is 1. The fourth-order valence-electron chi connectivity index (χ4n) is 3.77. The molecule has 0 aliphatic carbocycles. The second kappa shape index (κ2) is 7.17. The fraction of sp³-hybridized carbons (Fsp3) is 0.333. The second-order valence-corrected chi connectivity index (χ2v) is 7.66. The number of aliphatic imine (C=N–C) groups is 1. The summed E-state index contributed by atoms with van der Waals surface area (Å²) >= 11 is 6.52. The van der Waals surface area contributed by atoms with Gasteiger partial charge in [-0.25, -0.2) is 8.78 Å². The van der Waals surface area contributed by atoms with Crippen LogP contribution in [0, 0.1) is 18.6 Å². The van der Waals surface area contributed by atoms with Gasteiger partial charge in [-0.15, -0.1) is 0 Å². The van der Waals surface area contributed by atoms with E-state index in [4.69, 9.17) is 11.6 Å². The average molecular weight is 404 g/mol. The molecule has 146 valence electrons. The first kappa shape index (κ1) is 18.9. The number of aryl methyl sites for hydroxylation is 1. The third-order valence-electron chi connectivity index (χ3n) is 5.37. The highest BCUT2D eigenvalue weighted by atomic mass is 35.5. The first-order chi connectivity index (χ1) is 13.3. The van der Waals surface area contributed by atoms with E-state index in [-0.39, 0.29) is 11.5 Å². The zero-order chi connectivity index (χ0) is 20.0. The van der Waals surface area contributed by atoms with E-state index < -0.39 is 11.6 Å². The Balaban J connectivity index is 1.61. The van der Waals surface area contributed by atoms with Crippen molar-refractivity contribution >= 4 is 34.6 Å². The van der Waals surface area contributed by atoms with Crippen LogP contribution in [-0.4, -0.2) is 42.7 Å². The van der Waals surface area contributed by atoms with Crippen molar-refractivity contribution in [3.05, 3.63) is 57.6 Å². The molecule has 2 aliphatic rings. The van der Waals surface area contributed by atoms with E-state index in [1.54, 1.807) is 19.9 Å². The molecule has 0 saturated carbocycles. The summed E-state index contributed by atoms with van der Waals surface area (Å²) in [7, 11) is 0. The number of halogens is 3. The van der Waals surface area contributed by atoms with Gasteiger partial charge in [0.2, 0.25) is 5.91 Å². The van der Waals surface area contributed by atoms with E-state index in [1.807, 2.05) is 17.0 Å². The van der Waals surface area contributed by atoms with E-state index in [2.05, 4.69) is 9.89 Å². The maximum absolute atomic E-state index is 13.8. The molecule has 2 aromatic carbocycles. The highest BCUT2D eigenvalue weighted by Gasteiger charge is 2.24. The van der Waals surface area contributed by atoms with Crippen LogP contribution in [0.15, 0.2) is 29.3 Å². The van der Waals surface area contributed by atoms with Crippen LogP contribution in [-0.2, 0) is 11.2 Å². The van der Waals surface area contributed by atoms with Gasteiger partial charge in [-0.05, 0) is 47.9 Å². The van der Waals surface area contributed by atoms with Gasteiger partial charge in [0.15, 0.2) is 11.6 Å². The lowest BCUT2D eigenvalue weighted by Gasteiger charge is -2.36. The van der Waals surface area contributed by atoms with Crippen LogP contribution in [0.4, 0.5) is 20.2 Å². The van der Waals surface area contributed by atoms with Gasteiger partial charge in [0.1, 0.15) is 0 Å². The Hall–Kier alpha value is -2.47. The number of rotatable bonds is 2. The molecule has 0 radical (unpaired) electrons. The Kier molecular flexibility index (Phi) is 4.83. The quantitative estimate of drug-likeness (QED) is 0.750. The molecule has 4 nitrogen and oxygen atoms in total. The summed E-state index contributed by atoms with van der Waals surface area (Å²) in [5, 5.41) is 0.632. The maximum atomic E-state index is 13.8. The van der Waals surface area contributed by atoms with E-state index in [1.165, 1.54) is 6.07 Å². The number of hydrogen-bond acceptors (Lipinski definition) is 3. The molecule has 0 N–H and O–H groups in total. The fourth-order valence-corrected chi connectivity index (χ4v) is 4.07. The summed E-state index contributed by atoms with van der Waals surface area (Å²) in [6, 6.07) is 6.65. The molecular weight excluding hydrogens is 384 g/mol. The predicted molar refractivity (Wildman–Crippen MR) is 107 cm³/mol. The van der Waals surface area contributed by atoms with Gasteiger partial charge >= 0.3 is 0 Å². The molecule has 2 aliphatic heterocycles. The van der Waals surface area contributed by atoms with Gasteiger partial charge in [0.05, 0.1) is 22.1 Å². The minimum Gasteiger partial charge on any atom is -0.367 e. The van der Waals surface area contributed by atoms with Crippen molar-refractivity contribution in [1.82, 2.24) is 4.90 Å². The Bertz CT molecular complexity index is 974. The summed E-state index contributed by atoms with van der Waals surface area (Å²) < 4.78 is 27.4. The number of nitrogens with zero attached hydrogens (tertiary/aromatic N) is 3. The molecule has 28 heavy (non-hydrogen) atoms. The van der Waals surface area contributed by atoms with Crippen molar-refractivity contribution in [3.63, 3.8) is 0 Å². The first-order valence-electron chi connectivity index (χ1n) is 9.20. The van der Waals surface area contributed by atoms with Crippen molar-refractivity contribution in [2.75, 3.05) is 31.1 Å². The Morgan fingerprint density at radius 2 is 1.82 bits per heavy atom. The van der Waals surface area contributed by atoms with Gasteiger partial charge in [-0.1, -0.05) is 11.6 Å². The van der Waals surface area contributed by atoms with Crippen LogP contribution >= 0.6 is 11.6 Å². The SMILES string of the molecule is CC(=O)N1CCN(c2cc3c(cc2Cl)CC(c2cc(C)c(F)c(F)c2)=N3)CC1. The number of anilines is 1. The van der Waals surface area contributed by atoms with E-state index in [0.717, 1.165) is 16.9 Å². The van der Waals surface area contributed by atoms with Crippen molar-refractivity contribution < 1.29 is 13.6 Å². The molecule has 1 saturated heterocycles. The van der Waals surface area contributed by atoms with Gasteiger partial charge in [-0.2, -0.15) is 0 Å². The Morgan fingerprint density at radius 3 is 2.46 bits per heavy atom. The Morgan fingerprint density at radius 1 is 1.11 bits per heavy atom. The minimum atomic E-state index is -0.865. The molecule has 0 spiro atoms. The van der Waals surface area contributed by atoms with E-state index >= 15 is 0 Å². The number of carbonyl (C=O) groups excluding carboxylic acids is 1. The largest absolute Gasteiger partial charge is 0.367 e. The highest BCUT2D eigenvalue weighted by Crippen LogP contribution is 2.38. The number of carbonyl (C=O) groups is 1. The van der Waals surface area contributed by atoms with Crippen molar-refractivity contribution in [2.24, 2.45) is 4.99 Å². The maximum Gasteiger partial charge on any atom is 0.219 e. The standard InChI is InChI=1S/C21H20ClF2N3O/c1-12-7-14(9-17(23)21(12)24)18-10-15-8-16(22)20(11-19(15)25-18)27-5-3-26(4-6-27)13(2)28/h7-9,11H,3-6,10H2,1-2H3. The third-order valence-corrected chi connectivity index (χ3v) is 5.67. The topological polar surface area (TPSA) is 35.9 Å². The van der Waals surface area contributed by atoms with Crippen LogP contribution in [0.3, 0.4) is 0 Å². The molecular formula is C21H20ClF2N3O. The third kappa shape index (κ3) is 3.37. The predicted octanol–water partition coefficient (Wildman–Crippen LogP) is 4.27. The van der Waals surface area contributed by atoms with Crippen LogP contribution in [0.1, 0.15) is 23.6 Å². The monoisotopic (exact) mass is 403 g/mol. The van der Waals surface area contributed by atoms with Gasteiger partial charge in [0, 0.05) is 39.5 Å². The van der Waals surface area contributed by atoms with Crippen molar-refractivity contribution in [3.8, 4) is 0 Å². The molecule has 4 rings (SSSR count). The number of benzene rings is 2. The molecule has 0 bridgehead atoms. The first-order valence-corrected chi connectivity index (χ1v) is 9.57. The number of fused-ring (bicyclic) bond motifs is 1. The molecule has 0 aromatic heterocycles. The highest BCUT2D eigenvalue weighted by molar-refractivity contribution is 6.33. The van der Waals surface area contributed by atoms with Crippen LogP contribution in [0.25, 0.3) is 0 Å². The summed E-state index contributed by atoms with van der Waals surface area (Å²) in [5.74, 6) is -1.61. The van der Waals surface area contributed by atoms with Crippen LogP contribution < -0.4 is 4.90 Å². The molecule has 1 fully saturated rings. The van der Waals surface area contributed by atoms with Gasteiger partial charge < -0.3 is 9.80 Å². The van der Waals surface area contributed by atoms with Gasteiger partial charge in [-0.3, -0.25) is 9.79 Å². The second-order valence-electron chi connectivity index (χ2n) is 7.25. The lowest BCUT2D eigenvalue weighted by Crippen LogP contribution is -2.48. The summed E-state index contributed by atoms with van der Waals surface area (Å²) in [5.41, 5.74) is 4.19. The van der Waals surface area contributed by atoms with Crippen LogP contribution in [0.2, 0.25) is 5.02 Å². The minimum absolute atomic E-state index is 0.0794. The summed E-state index contributed by atoms with van der Waals surface area (Å²) in [6.45, 7) is 5.85. The lowest BCUT2D eigenvalue weighted by molar-refractivity contribution is -0.129. The molecule has 1 amide bonds. The molecule has 2 aromatic rings. The van der Waals surface area contributed by atoms with E-state index in [0.29, 0.717) is 48.9 Å². The van der Waals surface area contributed by atoms with Crippen LogP contribution in [0.5, 0.6) is 0 Å². The summed E-state index contributed by atoms with van der Waals surface area (Å²) in [6.07, 6.45) is 0.526. The molecule has 7 heteroatoms. The number of amides is 1. The Labute approximate surface area is 167 Å².